The topological polar surface area (TPSA) is 65.5 Å². The lowest BCUT2D eigenvalue weighted by Crippen LogP contribution is -2.09. The van der Waals surface area contributed by atoms with Gasteiger partial charge in [0.15, 0.2) is 5.76 Å². The summed E-state index contributed by atoms with van der Waals surface area (Å²) in [5.74, 6) is 0.347. The Balaban J connectivity index is 1.61. The Morgan fingerprint density at radius 2 is 1.71 bits per heavy atom. The Bertz CT molecular complexity index is 1100. The molecule has 0 aliphatic carbocycles. The van der Waals surface area contributed by atoms with Crippen molar-refractivity contribution in [2.24, 2.45) is 0 Å². The van der Waals surface area contributed by atoms with Crippen molar-refractivity contribution >= 4 is 17.8 Å². The number of nitrogens with zero attached hydrogens (tertiary/aromatic N) is 1. The molecule has 28 heavy (non-hydrogen) atoms. The largest absolute Gasteiger partial charge is 0.452 e. The molecule has 2 heterocycles. The van der Waals surface area contributed by atoms with Gasteiger partial charge in [0, 0.05) is 18.0 Å². The second-order valence-corrected chi connectivity index (χ2v) is 6.54. The molecule has 5 nitrogen and oxygen atoms in total. The van der Waals surface area contributed by atoms with Crippen LogP contribution in [0.25, 0.3) is 6.08 Å². The quantitative estimate of drug-likeness (QED) is 0.384. The van der Waals surface area contributed by atoms with Crippen molar-refractivity contribution in [2.75, 3.05) is 0 Å². The number of hydrogen-bond acceptors (Lipinski definition) is 5. The maximum Gasteiger partial charge on any atom is 0.343 e. The fourth-order valence-electron chi connectivity index (χ4n) is 2.94. The molecule has 0 fully saturated rings. The van der Waals surface area contributed by atoms with E-state index in [0.29, 0.717) is 28.2 Å². The summed E-state index contributed by atoms with van der Waals surface area (Å²) in [7, 11) is 0. The zero-order valence-electron chi connectivity index (χ0n) is 15.4. The number of hydrogen-bond donors (Lipinski definition) is 0. The number of Topliss-reactive ketones (excluding diaryl/α,β-unsaturated/α-hetero) is 1. The van der Waals surface area contributed by atoms with E-state index in [9.17, 15) is 9.59 Å². The summed E-state index contributed by atoms with van der Waals surface area (Å²) in [5.41, 5.74) is 3.39. The summed E-state index contributed by atoms with van der Waals surface area (Å²) in [6, 6.07) is 14.0. The Kier molecular flexibility index (Phi) is 4.49. The van der Waals surface area contributed by atoms with Crippen LogP contribution in [0.3, 0.4) is 0 Å². The number of aromatic nitrogens is 1. The van der Waals surface area contributed by atoms with Gasteiger partial charge in [-0.1, -0.05) is 17.7 Å². The molecule has 0 N–H and O–H groups in total. The summed E-state index contributed by atoms with van der Waals surface area (Å²) >= 11 is 0. The van der Waals surface area contributed by atoms with Crippen LogP contribution in [-0.4, -0.2) is 16.7 Å². The first-order valence-corrected chi connectivity index (χ1v) is 8.79. The first kappa shape index (κ1) is 17.7. The number of ketones is 1. The summed E-state index contributed by atoms with van der Waals surface area (Å²) in [4.78, 5) is 29.0. The lowest BCUT2D eigenvalue weighted by atomic mass is 10.1. The molecule has 0 saturated heterocycles. The zero-order chi connectivity index (χ0) is 19.7. The zero-order valence-corrected chi connectivity index (χ0v) is 15.4. The summed E-state index contributed by atoms with van der Waals surface area (Å²) in [5, 5.41) is 0. The van der Waals surface area contributed by atoms with Crippen LogP contribution in [0.2, 0.25) is 0 Å². The van der Waals surface area contributed by atoms with Crippen LogP contribution >= 0.6 is 0 Å². The van der Waals surface area contributed by atoms with E-state index in [1.165, 1.54) is 0 Å². The minimum absolute atomic E-state index is 0.202. The fraction of sp³-hybridized carbons (Fsp3) is 0.0870. The van der Waals surface area contributed by atoms with Gasteiger partial charge in [0.2, 0.25) is 5.78 Å². The van der Waals surface area contributed by atoms with Gasteiger partial charge in [0.25, 0.3) is 0 Å². The molecule has 4 rings (SSSR count). The van der Waals surface area contributed by atoms with Crippen molar-refractivity contribution in [1.82, 2.24) is 4.98 Å². The third-order valence-electron chi connectivity index (χ3n) is 4.53. The normalized spacial score (nSPS) is 13.9. The number of ether oxygens (including phenoxy) is 2. The predicted molar refractivity (Wildman–Crippen MR) is 104 cm³/mol. The van der Waals surface area contributed by atoms with Crippen LogP contribution in [0, 0.1) is 13.8 Å². The van der Waals surface area contributed by atoms with E-state index in [4.69, 9.17) is 9.47 Å². The smallest absolute Gasteiger partial charge is 0.343 e. The van der Waals surface area contributed by atoms with Gasteiger partial charge in [-0.25, -0.2) is 4.79 Å². The number of carbonyl (C=O) groups excluding carboxylic acids is 2. The van der Waals surface area contributed by atoms with Gasteiger partial charge in [-0.2, -0.15) is 0 Å². The van der Waals surface area contributed by atoms with Crippen molar-refractivity contribution in [3.8, 4) is 11.5 Å². The SMILES string of the molecule is Cc1ccc(C(=O)Oc2ccc3c(c2C)O/C(=C\c2ccncc2)C3=O)cc1. The molecule has 0 spiro atoms. The highest BCUT2D eigenvalue weighted by molar-refractivity contribution is 6.15. The molecule has 1 aliphatic heterocycles. The van der Waals surface area contributed by atoms with Gasteiger partial charge in [-0.15, -0.1) is 0 Å². The molecular formula is C23H17NO4. The van der Waals surface area contributed by atoms with Crippen LogP contribution in [0.4, 0.5) is 0 Å². The van der Waals surface area contributed by atoms with E-state index in [1.807, 2.05) is 19.1 Å². The van der Waals surface area contributed by atoms with Crippen molar-refractivity contribution < 1.29 is 19.1 Å². The summed E-state index contributed by atoms with van der Waals surface area (Å²) in [6.45, 7) is 3.71. The third kappa shape index (κ3) is 3.30. The van der Waals surface area contributed by atoms with Gasteiger partial charge < -0.3 is 9.47 Å². The molecule has 0 radical (unpaired) electrons. The number of fused-ring (bicyclic) bond motifs is 1. The standard InChI is InChI=1S/C23H17NO4/c1-14-3-5-17(6-4-14)23(26)28-19-8-7-18-21(25)20(27-22(18)15(19)2)13-16-9-11-24-12-10-16/h3-13H,1-2H3/b20-13-. The number of allylic oxidation sites excluding steroid dienone is 1. The van der Waals surface area contributed by atoms with E-state index < -0.39 is 5.97 Å². The lowest BCUT2D eigenvalue weighted by Gasteiger charge is -2.10. The van der Waals surface area contributed by atoms with Crippen LogP contribution in [-0.2, 0) is 0 Å². The number of esters is 1. The van der Waals surface area contributed by atoms with Crippen LogP contribution in [0.5, 0.6) is 11.5 Å². The Hall–Kier alpha value is -3.73. The fourth-order valence-corrected chi connectivity index (χ4v) is 2.94. The first-order valence-electron chi connectivity index (χ1n) is 8.79. The van der Waals surface area contributed by atoms with Crippen molar-refractivity contribution in [1.29, 1.82) is 0 Å². The number of pyridine rings is 1. The Morgan fingerprint density at radius 1 is 1.00 bits per heavy atom. The van der Waals surface area contributed by atoms with E-state index >= 15 is 0 Å². The van der Waals surface area contributed by atoms with Gasteiger partial charge >= 0.3 is 5.97 Å². The average Bonchev–Trinajstić information content (AvgIpc) is 3.02. The van der Waals surface area contributed by atoms with Crippen LogP contribution in [0.15, 0.2) is 66.7 Å². The number of carbonyl (C=O) groups is 2. The van der Waals surface area contributed by atoms with Gasteiger partial charge in [-0.05, 0) is 61.9 Å². The average molecular weight is 371 g/mol. The molecule has 1 aliphatic rings. The summed E-state index contributed by atoms with van der Waals surface area (Å²) in [6.07, 6.45) is 4.96. The number of rotatable bonds is 3. The maximum absolute atomic E-state index is 12.6. The number of aryl methyl sites for hydroxylation is 1. The van der Waals surface area contributed by atoms with Gasteiger partial charge in [-0.3, -0.25) is 9.78 Å². The van der Waals surface area contributed by atoms with Crippen molar-refractivity contribution in [2.45, 2.75) is 13.8 Å². The Morgan fingerprint density at radius 3 is 2.43 bits per heavy atom. The molecule has 0 atom stereocenters. The molecule has 0 saturated carbocycles. The molecule has 0 bridgehead atoms. The van der Waals surface area contributed by atoms with E-state index in [-0.39, 0.29) is 11.5 Å². The third-order valence-corrected chi connectivity index (χ3v) is 4.53. The minimum atomic E-state index is -0.458. The highest BCUT2D eigenvalue weighted by Gasteiger charge is 2.30. The second kappa shape index (κ2) is 7.12. The molecule has 3 aromatic rings. The van der Waals surface area contributed by atoms with Gasteiger partial charge in [0.05, 0.1) is 11.1 Å². The molecule has 0 unspecified atom stereocenters. The van der Waals surface area contributed by atoms with E-state index in [1.54, 1.807) is 61.8 Å². The minimum Gasteiger partial charge on any atom is -0.452 e. The summed E-state index contributed by atoms with van der Waals surface area (Å²) < 4.78 is 11.3. The van der Waals surface area contributed by atoms with E-state index in [2.05, 4.69) is 4.98 Å². The Labute approximate surface area is 162 Å². The van der Waals surface area contributed by atoms with Gasteiger partial charge in [0.1, 0.15) is 11.5 Å². The number of benzene rings is 2. The van der Waals surface area contributed by atoms with E-state index in [0.717, 1.165) is 11.1 Å². The predicted octanol–water partition coefficient (Wildman–Crippen LogP) is 4.53. The molecule has 2 aromatic carbocycles. The van der Waals surface area contributed by atoms with Crippen LogP contribution < -0.4 is 9.47 Å². The lowest BCUT2D eigenvalue weighted by molar-refractivity contribution is 0.0733. The maximum atomic E-state index is 12.6. The molecule has 138 valence electrons. The second-order valence-electron chi connectivity index (χ2n) is 6.54. The monoisotopic (exact) mass is 371 g/mol. The molecule has 0 amide bonds. The molecule has 1 aromatic heterocycles. The first-order chi connectivity index (χ1) is 13.5. The molecular weight excluding hydrogens is 354 g/mol. The highest BCUT2D eigenvalue weighted by atomic mass is 16.5. The van der Waals surface area contributed by atoms with Crippen molar-refractivity contribution in [3.63, 3.8) is 0 Å². The highest BCUT2D eigenvalue weighted by Crippen LogP contribution is 2.39. The van der Waals surface area contributed by atoms with Crippen LogP contribution in [0.1, 0.15) is 37.4 Å². The molecule has 5 heteroatoms. The van der Waals surface area contributed by atoms with Crippen molar-refractivity contribution in [3.05, 3.63) is 94.5 Å².